The lowest BCUT2D eigenvalue weighted by Crippen LogP contribution is -2.01. The fourth-order valence-corrected chi connectivity index (χ4v) is 3.45. The Balaban J connectivity index is 1.44. The van der Waals surface area contributed by atoms with Crippen LogP contribution in [0, 0.1) is 0 Å². The van der Waals surface area contributed by atoms with Crippen molar-refractivity contribution in [2.75, 3.05) is 12.4 Å². The Morgan fingerprint density at radius 3 is 2.88 bits per heavy atom. The van der Waals surface area contributed by atoms with E-state index in [2.05, 4.69) is 33.3 Å². The van der Waals surface area contributed by atoms with Crippen LogP contribution >= 0.6 is 11.8 Å². The molecule has 0 N–H and O–H groups in total. The molecule has 0 amide bonds. The van der Waals surface area contributed by atoms with E-state index < -0.39 is 0 Å². The second kappa shape index (κ2) is 6.49. The Kier molecular flexibility index (Phi) is 4.04. The molecule has 4 aromatic rings. The van der Waals surface area contributed by atoms with Gasteiger partial charge in [-0.2, -0.15) is 5.10 Å². The van der Waals surface area contributed by atoms with Gasteiger partial charge < -0.3 is 4.74 Å². The van der Waals surface area contributed by atoms with E-state index in [0.29, 0.717) is 6.61 Å². The summed E-state index contributed by atoms with van der Waals surface area (Å²) in [7, 11) is 1.88. The summed E-state index contributed by atoms with van der Waals surface area (Å²) in [5.74, 6) is 1.73. The van der Waals surface area contributed by atoms with Crippen molar-refractivity contribution < 1.29 is 4.74 Å². The summed E-state index contributed by atoms with van der Waals surface area (Å²) < 4.78 is 7.73. The molecule has 0 bridgehead atoms. The predicted molar refractivity (Wildman–Crippen MR) is 96.5 cm³/mol. The van der Waals surface area contributed by atoms with Gasteiger partial charge in [-0.25, -0.2) is 9.97 Å². The van der Waals surface area contributed by atoms with Crippen LogP contribution in [0.4, 0.5) is 0 Å². The first-order chi connectivity index (χ1) is 11.8. The number of ether oxygens (including phenoxy) is 1. The Morgan fingerprint density at radius 2 is 1.92 bits per heavy atom. The number of thioether (sulfide) groups is 1. The van der Waals surface area contributed by atoms with E-state index in [1.165, 1.54) is 5.39 Å². The maximum absolute atomic E-state index is 5.97. The van der Waals surface area contributed by atoms with Crippen molar-refractivity contribution in [1.82, 2.24) is 19.7 Å². The summed E-state index contributed by atoms with van der Waals surface area (Å²) in [6.45, 7) is 0.616. The molecule has 2 aromatic carbocycles. The Bertz CT molecular complexity index is 993. The smallest absolute Gasteiger partial charge is 0.162 e. The molecule has 0 aliphatic rings. The van der Waals surface area contributed by atoms with Crippen LogP contribution in [0.3, 0.4) is 0 Å². The second-order valence-electron chi connectivity index (χ2n) is 5.36. The van der Waals surface area contributed by atoms with Gasteiger partial charge in [0, 0.05) is 18.2 Å². The van der Waals surface area contributed by atoms with Crippen molar-refractivity contribution in [3.05, 3.63) is 55.0 Å². The first kappa shape index (κ1) is 15.0. The van der Waals surface area contributed by atoms with E-state index in [4.69, 9.17) is 4.74 Å². The van der Waals surface area contributed by atoms with Gasteiger partial charge in [0.25, 0.3) is 0 Å². The molecule has 0 fully saturated rings. The third-order valence-corrected chi connectivity index (χ3v) is 4.79. The molecular weight excluding hydrogens is 320 g/mol. The quantitative estimate of drug-likeness (QED) is 0.316. The summed E-state index contributed by atoms with van der Waals surface area (Å²) in [4.78, 5) is 8.61. The third kappa shape index (κ3) is 2.80. The lowest BCUT2D eigenvalue weighted by Gasteiger charge is -2.09. The molecule has 0 radical (unpaired) electrons. The number of nitrogens with zero attached hydrogens (tertiary/aromatic N) is 4. The fourth-order valence-electron chi connectivity index (χ4n) is 2.67. The first-order valence-electron chi connectivity index (χ1n) is 7.69. The van der Waals surface area contributed by atoms with Gasteiger partial charge in [0.2, 0.25) is 0 Å². The molecule has 0 saturated heterocycles. The number of benzene rings is 2. The molecule has 2 aromatic heterocycles. The summed E-state index contributed by atoms with van der Waals surface area (Å²) in [5, 5.41) is 8.49. The third-order valence-electron chi connectivity index (χ3n) is 3.82. The van der Waals surface area contributed by atoms with Crippen LogP contribution in [0.5, 0.6) is 5.75 Å². The van der Waals surface area contributed by atoms with Crippen LogP contribution < -0.4 is 4.74 Å². The van der Waals surface area contributed by atoms with Gasteiger partial charge in [0.15, 0.2) is 5.65 Å². The van der Waals surface area contributed by atoms with Crippen molar-refractivity contribution in [3.8, 4) is 5.75 Å². The van der Waals surface area contributed by atoms with Crippen molar-refractivity contribution in [2.45, 2.75) is 5.03 Å². The van der Waals surface area contributed by atoms with Crippen molar-refractivity contribution in [3.63, 3.8) is 0 Å². The topological polar surface area (TPSA) is 52.8 Å². The highest BCUT2D eigenvalue weighted by molar-refractivity contribution is 7.99. The molecule has 0 aliphatic heterocycles. The Morgan fingerprint density at radius 1 is 1.04 bits per heavy atom. The summed E-state index contributed by atoms with van der Waals surface area (Å²) in [6, 6.07) is 14.4. The molecule has 5 nitrogen and oxygen atoms in total. The zero-order chi connectivity index (χ0) is 16.4. The monoisotopic (exact) mass is 336 g/mol. The van der Waals surface area contributed by atoms with Gasteiger partial charge in [-0.1, -0.05) is 36.4 Å². The molecule has 0 unspecified atom stereocenters. The molecule has 2 heterocycles. The first-order valence-corrected chi connectivity index (χ1v) is 8.67. The van der Waals surface area contributed by atoms with E-state index in [-0.39, 0.29) is 0 Å². The molecule has 24 heavy (non-hydrogen) atoms. The molecule has 6 heteroatoms. The van der Waals surface area contributed by atoms with Gasteiger partial charge >= 0.3 is 0 Å². The van der Waals surface area contributed by atoms with E-state index in [9.17, 15) is 0 Å². The van der Waals surface area contributed by atoms with Gasteiger partial charge in [0.05, 0.1) is 18.2 Å². The number of aromatic nitrogens is 4. The molecule has 4 rings (SSSR count). The van der Waals surface area contributed by atoms with Gasteiger partial charge in [0.1, 0.15) is 17.1 Å². The standard InChI is InChI=1S/C18H16N4OS/c1-22-17-15(11-21-22)18(20-12-19-17)24-10-9-23-16-8-4-6-13-5-2-3-7-14(13)16/h2-8,11-12H,9-10H2,1H3. The van der Waals surface area contributed by atoms with Gasteiger partial charge in [-0.15, -0.1) is 11.8 Å². The molecule has 0 aliphatic carbocycles. The fraction of sp³-hybridized carbons (Fsp3) is 0.167. The van der Waals surface area contributed by atoms with Crippen LogP contribution in [0.25, 0.3) is 21.8 Å². The average Bonchev–Trinajstić information content (AvgIpc) is 3.01. The second-order valence-corrected chi connectivity index (χ2v) is 6.44. The molecule has 0 spiro atoms. The highest BCUT2D eigenvalue weighted by Gasteiger charge is 2.08. The molecule has 120 valence electrons. The van der Waals surface area contributed by atoms with Gasteiger partial charge in [-0.3, -0.25) is 4.68 Å². The molecule has 0 saturated carbocycles. The Hall–Kier alpha value is -2.60. The van der Waals surface area contributed by atoms with E-state index >= 15 is 0 Å². The highest BCUT2D eigenvalue weighted by atomic mass is 32.2. The van der Waals surface area contributed by atoms with Crippen LogP contribution in [0.1, 0.15) is 0 Å². The lowest BCUT2D eigenvalue weighted by molar-refractivity contribution is 0.348. The number of hydrogen-bond acceptors (Lipinski definition) is 5. The van der Waals surface area contributed by atoms with E-state index in [1.54, 1.807) is 22.8 Å². The van der Waals surface area contributed by atoms with Crippen molar-refractivity contribution >= 4 is 33.6 Å². The van der Waals surface area contributed by atoms with Crippen LogP contribution in [0.2, 0.25) is 0 Å². The van der Waals surface area contributed by atoms with Crippen molar-refractivity contribution in [2.24, 2.45) is 7.05 Å². The van der Waals surface area contributed by atoms with Crippen LogP contribution in [-0.2, 0) is 7.05 Å². The SMILES string of the molecule is Cn1ncc2c(SCCOc3cccc4ccccc34)ncnc21. The molecular formula is C18H16N4OS. The van der Waals surface area contributed by atoms with Crippen LogP contribution in [0.15, 0.2) is 60.0 Å². The number of rotatable bonds is 5. The van der Waals surface area contributed by atoms with Crippen LogP contribution in [-0.4, -0.2) is 32.1 Å². The van der Waals surface area contributed by atoms with E-state index in [1.807, 2.05) is 37.5 Å². The summed E-state index contributed by atoms with van der Waals surface area (Å²) in [5.41, 5.74) is 0.850. The number of hydrogen-bond donors (Lipinski definition) is 0. The summed E-state index contributed by atoms with van der Waals surface area (Å²) in [6.07, 6.45) is 3.39. The number of aryl methyl sites for hydroxylation is 1. The lowest BCUT2D eigenvalue weighted by atomic mass is 10.1. The maximum Gasteiger partial charge on any atom is 0.162 e. The van der Waals surface area contributed by atoms with Crippen molar-refractivity contribution in [1.29, 1.82) is 0 Å². The zero-order valence-electron chi connectivity index (χ0n) is 13.2. The minimum atomic E-state index is 0.616. The summed E-state index contributed by atoms with van der Waals surface area (Å²) >= 11 is 1.66. The average molecular weight is 336 g/mol. The largest absolute Gasteiger partial charge is 0.492 e. The maximum atomic E-state index is 5.97. The van der Waals surface area contributed by atoms with Gasteiger partial charge in [-0.05, 0) is 11.5 Å². The normalized spacial score (nSPS) is 11.2. The number of fused-ring (bicyclic) bond motifs is 2. The minimum absolute atomic E-state index is 0.616. The Labute approximate surface area is 143 Å². The highest BCUT2D eigenvalue weighted by Crippen LogP contribution is 2.27. The molecule has 0 atom stereocenters. The minimum Gasteiger partial charge on any atom is -0.492 e. The van der Waals surface area contributed by atoms with E-state index in [0.717, 1.165) is 32.9 Å². The predicted octanol–water partition coefficient (Wildman–Crippen LogP) is 3.69. The zero-order valence-corrected chi connectivity index (χ0v) is 14.0.